The summed E-state index contributed by atoms with van der Waals surface area (Å²) in [6.45, 7) is 2.01. The van der Waals surface area contributed by atoms with Gasteiger partial charge in [-0.15, -0.1) is 10.2 Å². The molecular formula is C25H23N5O4S. The number of methoxy groups -OCH3 is 1. The summed E-state index contributed by atoms with van der Waals surface area (Å²) >= 11 is 1.23. The number of carbonyl (C=O) groups is 1. The third-order valence-electron chi connectivity index (χ3n) is 5.01. The summed E-state index contributed by atoms with van der Waals surface area (Å²) in [5.41, 5.74) is 5.83. The van der Waals surface area contributed by atoms with E-state index in [4.69, 9.17) is 4.74 Å². The van der Waals surface area contributed by atoms with Crippen LogP contribution in [0.25, 0.3) is 17.1 Å². The molecule has 35 heavy (non-hydrogen) atoms. The van der Waals surface area contributed by atoms with Crippen molar-refractivity contribution in [3.8, 4) is 34.3 Å². The number of benzene rings is 3. The molecule has 0 saturated heterocycles. The fourth-order valence-electron chi connectivity index (χ4n) is 3.18. The normalized spacial score (nSPS) is 11.0. The summed E-state index contributed by atoms with van der Waals surface area (Å²) in [6, 6.07) is 19.7. The van der Waals surface area contributed by atoms with Crippen LogP contribution < -0.4 is 10.2 Å². The molecule has 0 saturated carbocycles. The maximum absolute atomic E-state index is 12.4. The molecule has 0 atom stereocenters. The monoisotopic (exact) mass is 489 g/mol. The third kappa shape index (κ3) is 5.79. The van der Waals surface area contributed by atoms with Crippen LogP contribution in [-0.4, -0.2) is 50.0 Å². The van der Waals surface area contributed by atoms with E-state index in [9.17, 15) is 15.0 Å². The topological polar surface area (TPSA) is 122 Å². The summed E-state index contributed by atoms with van der Waals surface area (Å²) in [6.07, 6.45) is 1.37. The van der Waals surface area contributed by atoms with Crippen molar-refractivity contribution >= 4 is 23.9 Å². The lowest BCUT2D eigenvalue weighted by Gasteiger charge is -2.11. The van der Waals surface area contributed by atoms with Crippen molar-refractivity contribution in [3.05, 3.63) is 77.9 Å². The van der Waals surface area contributed by atoms with E-state index in [1.165, 1.54) is 30.1 Å². The number of rotatable bonds is 8. The average molecular weight is 490 g/mol. The van der Waals surface area contributed by atoms with E-state index in [2.05, 4.69) is 20.7 Å². The Morgan fingerprint density at radius 1 is 1.06 bits per heavy atom. The van der Waals surface area contributed by atoms with Gasteiger partial charge in [0.25, 0.3) is 5.91 Å². The van der Waals surface area contributed by atoms with E-state index >= 15 is 0 Å². The second-order valence-electron chi connectivity index (χ2n) is 7.54. The highest BCUT2D eigenvalue weighted by Crippen LogP contribution is 2.29. The van der Waals surface area contributed by atoms with Crippen LogP contribution in [0.5, 0.6) is 17.2 Å². The first-order valence-corrected chi connectivity index (χ1v) is 11.6. The van der Waals surface area contributed by atoms with Gasteiger partial charge in [-0.2, -0.15) is 5.10 Å². The van der Waals surface area contributed by atoms with Gasteiger partial charge in [-0.3, -0.25) is 9.36 Å². The zero-order valence-electron chi connectivity index (χ0n) is 19.0. The van der Waals surface area contributed by atoms with Crippen LogP contribution in [0.1, 0.15) is 11.1 Å². The molecule has 178 valence electrons. The van der Waals surface area contributed by atoms with E-state index in [-0.39, 0.29) is 23.2 Å². The Hall–Kier alpha value is -4.31. The zero-order valence-corrected chi connectivity index (χ0v) is 19.9. The molecule has 3 N–H and O–H groups in total. The van der Waals surface area contributed by atoms with Gasteiger partial charge in [0.2, 0.25) is 0 Å². The molecule has 3 aromatic carbocycles. The van der Waals surface area contributed by atoms with Gasteiger partial charge < -0.3 is 14.9 Å². The molecule has 0 spiro atoms. The van der Waals surface area contributed by atoms with Crippen LogP contribution in [0.4, 0.5) is 0 Å². The highest BCUT2D eigenvalue weighted by molar-refractivity contribution is 7.99. The third-order valence-corrected chi connectivity index (χ3v) is 5.94. The molecule has 1 amide bonds. The van der Waals surface area contributed by atoms with Gasteiger partial charge in [0.1, 0.15) is 5.75 Å². The van der Waals surface area contributed by atoms with Gasteiger partial charge in [0, 0.05) is 11.3 Å². The number of amides is 1. The molecule has 0 aliphatic heterocycles. The van der Waals surface area contributed by atoms with Gasteiger partial charge in [-0.1, -0.05) is 29.5 Å². The predicted molar refractivity (Wildman–Crippen MR) is 134 cm³/mol. The molecule has 0 fully saturated rings. The molecule has 0 radical (unpaired) electrons. The molecule has 0 unspecified atom stereocenters. The van der Waals surface area contributed by atoms with E-state index in [1.54, 1.807) is 13.2 Å². The number of carbonyl (C=O) groups excluding carboxylic acids is 1. The largest absolute Gasteiger partial charge is 0.504 e. The SMILES string of the molecule is COc1ccc(-c2nnc(SCC(=O)NN=Cc3ccc(O)c(O)c3)n2-c2ccc(C)cc2)cc1. The van der Waals surface area contributed by atoms with Crippen LogP contribution in [0.3, 0.4) is 0 Å². The van der Waals surface area contributed by atoms with Crippen molar-refractivity contribution in [2.45, 2.75) is 12.1 Å². The Labute approximate surface area is 206 Å². The number of hydrogen-bond donors (Lipinski definition) is 3. The molecule has 0 aliphatic rings. The lowest BCUT2D eigenvalue weighted by atomic mass is 10.2. The molecule has 1 heterocycles. The van der Waals surface area contributed by atoms with Crippen molar-refractivity contribution < 1.29 is 19.7 Å². The minimum atomic E-state index is -0.335. The number of thioether (sulfide) groups is 1. The molecule has 9 nitrogen and oxygen atoms in total. The summed E-state index contributed by atoms with van der Waals surface area (Å²) in [5, 5.41) is 32.1. The van der Waals surface area contributed by atoms with E-state index in [0.717, 1.165) is 22.6 Å². The van der Waals surface area contributed by atoms with Crippen molar-refractivity contribution in [3.63, 3.8) is 0 Å². The van der Waals surface area contributed by atoms with Gasteiger partial charge in [0.05, 0.1) is 19.1 Å². The number of hydrazone groups is 1. The van der Waals surface area contributed by atoms with Gasteiger partial charge in [-0.25, -0.2) is 5.43 Å². The molecule has 0 bridgehead atoms. The Balaban J connectivity index is 1.51. The van der Waals surface area contributed by atoms with Crippen LogP contribution in [-0.2, 0) is 4.79 Å². The van der Waals surface area contributed by atoms with Crippen molar-refractivity contribution in [2.24, 2.45) is 5.10 Å². The number of phenols is 2. The average Bonchev–Trinajstić information content (AvgIpc) is 3.29. The first-order chi connectivity index (χ1) is 16.9. The molecule has 4 aromatic rings. The molecule has 4 rings (SSSR count). The molecular weight excluding hydrogens is 466 g/mol. The van der Waals surface area contributed by atoms with Crippen LogP contribution in [0.2, 0.25) is 0 Å². The predicted octanol–water partition coefficient (Wildman–Crippen LogP) is 3.90. The number of nitrogens with zero attached hydrogens (tertiary/aromatic N) is 4. The van der Waals surface area contributed by atoms with Gasteiger partial charge in [0.15, 0.2) is 22.5 Å². The lowest BCUT2D eigenvalue weighted by molar-refractivity contribution is -0.118. The standard InChI is InChI=1S/C25H23N5O4S/c1-16-3-8-19(9-4-16)30-24(18-6-10-20(34-2)11-7-18)28-29-25(30)35-15-23(33)27-26-14-17-5-12-21(31)22(32)13-17/h3-14,31-32H,15H2,1-2H3,(H,27,33). The summed E-state index contributed by atoms with van der Waals surface area (Å²) in [7, 11) is 1.61. The Morgan fingerprint density at radius 2 is 1.80 bits per heavy atom. The van der Waals surface area contributed by atoms with Crippen molar-refractivity contribution in [1.29, 1.82) is 0 Å². The number of aromatic hydroxyl groups is 2. The highest BCUT2D eigenvalue weighted by atomic mass is 32.2. The number of nitrogens with one attached hydrogen (secondary N) is 1. The second-order valence-corrected chi connectivity index (χ2v) is 8.48. The maximum atomic E-state index is 12.4. The summed E-state index contributed by atoms with van der Waals surface area (Å²) in [5.74, 6) is 0.617. The van der Waals surface area contributed by atoms with Crippen molar-refractivity contribution in [2.75, 3.05) is 12.9 Å². The number of aromatic nitrogens is 3. The summed E-state index contributed by atoms with van der Waals surface area (Å²) in [4.78, 5) is 12.4. The van der Waals surface area contributed by atoms with Crippen LogP contribution in [0.15, 0.2) is 77.0 Å². The van der Waals surface area contributed by atoms with E-state index in [1.807, 2.05) is 60.0 Å². The minimum Gasteiger partial charge on any atom is -0.504 e. The molecule has 10 heteroatoms. The smallest absolute Gasteiger partial charge is 0.250 e. The van der Waals surface area contributed by atoms with Gasteiger partial charge in [-0.05, 0) is 67.1 Å². The fraction of sp³-hybridized carbons (Fsp3) is 0.120. The minimum absolute atomic E-state index is 0.0603. The Kier molecular flexibility index (Phi) is 7.32. The zero-order chi connectivity index (χ0) is 24.8. The molecule has 0 aliphatic carbocycles. The Morgan fingerprint density at radius 3 is 2.49 bits per heavy atom. The fourth-order valence-corrected chi connectivity index (χ4v) is 3.92. The maximum Gasteiger partial charge on any atom is 0.250 e. The summed E-state index contributed by atoms with van der Waals surface area (Å²) < 4.78 is 7.15. The molecule has 1 aromatic heterocycles. The number of hydrogen-bond acceptors (Lipinski definition) is 8. The number of aryl methyl sites for hydroxylation is 1. The van der Waals surface area contributed by atoms with Gasteiger partial charge >= 0.3 is 0 Å². The second kappa shape index (κ2) is 10.7. The highest BCUT2D eigenvalue weighted by Gasteiger charge is 2.17. The van der Waals surface area contributed by atoms with Crippen LogP contribution in [0, 0.1) is 6.92 Å². The number of ether oxygens (including phenoxy) is 1. The Bertz CT molecular complexity index is 1350. The van der Waals surface area contributed by atoms with Crippen molar-refractivity contribution in [1.82, 2.24) is 20.2 Å². The first kappa shape index (κ1) is 23.8. The van der Waals surface area contributed by atoms with E-state index < -0.39 is 0 Å². The van der Waals surface area contributed by atoms with E-state index in [0.29, 0.717) is 16.5 Å². The van der Waals surface area contributed by atoms with Crippen LogP contribution >= 0.6 is 11.8 Å². The number of phenolic OH excluding ortho intramolecular Hbond substituents is 2. The quantitative estimate of drug-likeness (QED) is 0.148. The lowest BCUT2D eigenvalue weighted by Crippen LogP contribution is -2.20. The first-order valence-electron chi connectivity index (χ1n) is 10.6.